The minimum atomic E-state index is 0.599. The summed E-state index contributed by atoms with van der Waals surface area (Å²) in [5.74, 6) is 2.22. The Hall–Kier alpha value is -1.36. The van der Waals surface area contributed by atoms with Crippen molar-refractivity contribution in [3.05, 3.63) is 12.4 Å². The molecule has 1 N–H and O–H groups in total. The highest BCUT2D eigenvalue weighted by Crippen LogP contribution is 2.26. The fourth-order valence-corrected chi connectivity index (χ4v) is 2.83. The molecular formula is C14H22N4O. The fourth-order valence-electron chi connectivity index (χ4n) is 2.83. The molecule has 0 bridgehead atoms. The van der Waals surface area contributed by atoms with Crippen molar-refractivity contribution in [3.63, 3.8) is 0 Å². The molecule has 0 radical (unpaired) electrons. The van der Waals surface area contributed by atoms with Crippen LogP contribution in [0.15, 0.2) is 12.4 Å². The molecule has 0 spiro atoms. The van der Waals surface area contributed by atoms with Gasteiger partial charge in [-0.15, -0.1) is 0 Å². The third-order valence-corrected chi connectivity index (χ3v) is 3.91. The molecule has 2 aliphatic heterocycles. The summed E-state index contributed by atoms with van der Waals surface area (Å²) in [5.41, 5.74) is 0. The van der Waals surface area contributed by atoms with Gasteiger partial charge in [0, 0.05) is 37.9 Å². The molecule has 3 heterocycles. The molecule has 19 heavy (non-hydrogen) atoms. The topological polar surface area (TPSA) is 50.3 Å². The standard InChI is InChI=1S/C14H22N4O/c1-2-9-18(8-1)13-14(17-7-6-16-13)19-11-12-4-3-5-15-10-12/h6-7,12,15H,1-5,8-11H2. The summed E-state index contributed by atoms with van der Waals surface area (Å²) in [4.78, 5) is 11.1. The van der Waals surface area contributed by atoms with Crippen LogP contribution in [0, 0.1) is 5.92 Å². The van der Waals surface area contributed by atoms with Gasteiger partial charge in [-0.1, -0.05) is 0 Å². The Morgan fingerprint density at radius 1 is 1.21 bits per heavy atom. The molecule has 3 rings (SSSR count). The van der Waals surface area contributed by atoms with Gasteiger partial charge in [0.1, 0.15) is 0 Å². The van der Waals surface area contributed by atoms with E-state index < -0.39 is 0 Å². The van der Waals surface area contributed by atoms with Crippen LogP contribution < -0.4 is 15.0 Å². The summed E-state index contributed by atoms with van der Waals surface area (Å²) >= 11 is 0. The van der Waals surface area contributed by atoms with Gasteiger partial charge < -0.3 is 15.0 Å². The number of aromatic nitrogens is 2. The zero-order chi connectivity index (χ0) is 12.9. The van der Waals surface area contributed by atoms with E-state index >= 15 is 0 Å². The van der Waals surface area contributed by atoms with Crippen molar-refractivity contribution in [1.29, 1.82) is 0 Å². The maximum absolute atomic E-state index is 5.93. The van der Waals surface area contributed by atoms with Crippen molar-refractivity contribution in [3.8, 4) is 5.88 Å². The Bertz CT molecular complexity index is 400. The second kappa shape index (κ2) is 6.19. The van der Waals surface area contributed by atoms with Crippen LogP contribution in [-0.2, 0) is 0 Å². The van der Waals surface area contributed by atoms with Crippen molar-refractivity contribution in [1.82, 2.24) is 15.3 Å². The van der Waals surface area contributed by atoms with Gasteiger partial charge in [0.2, 0.25) is 0 Å². The number of anilines is 1. The van der Waals surface area contributed by atoms with E-state index in [9.17, 15) is 0 Å². The second-order valence-corrected chi connectivity index (χ2v) is 5.40. The Balaban J connectivity index is 1.62. The van der Waals surface area contributed by atoms with Gasteiger partial charge in [0.25, 0.3) is 5.88 Å². The van der Waals surface area contributed by atoms with E-state index in [1.807, 2.05) is 0 Å². The van der Waals surface area contributed by atoms with Crippen LogP contribution in [0.3, 0.4) is 0 Å². The lowest BCUT2D eigenvalue weighted by Gasteiger charge is -2.24. The third-order valence-electron chi connectivity index (χ3n) is 3.91. The molecule has 0 amide bonds. The Labute approximate surface area is 114 Å². The lowest BCUT2D eigenvalue weighted by atomic mass is 10.0. The summed E-state index contributed by atoms with van der Waals surface area (Å²) in [7, 11) is 0. The van der Waals surface area contributed by atoms with Crippen molar-refractivity contribution in [2.75, 3.05) is 37.7 Å². The molecule has 1 aromatic rings. The highest BCUT2D eigenvalue weighted by atomic mass is 16.5. The lowest BCUT2D eigenvalue weighted by molar-refractivity contribution is 0.212. The first-order chi connectivity index (χ1) is 9.43. The Kier molecular flexibility index (Phi) is 4.13. The molecule has 1 unspecified atom stereocenters. The maximum atomic E-state index is 5.93. The van der Waals surface area contributed by atoms with Crippen molar-refractivity contribution in [2.24, 2.45) is 5.92 Å². The zero-order valence-electron chi connectivity index (χ0n) is 11.3. The summed E-state index contributed by atoms with van der Waals surface area (Å²) in [6.45, 7) is 5.08. The number of rotatable bonds is 4. The quantitative estimate of drug-likeness (QED) is 0.890. The summed E-state index contributed by atoms with van der Waals surface area (Å²) < 4.78 is 5.93. The molecule has 2 aliphatic rings. The van der Waals surface area contributed by atoms with E-state index in [0.29, 0.717) is 11.8 Å². The van der Waals surface area contributed by atoms with E-state index in [1.165, 1.54) is 25.7 Å². The van der Waals surface area contributed by atoms with Crippen LogP contribution in [-0.4, -0.2) is 42.8 Å². The minimum absolute atomic E-state index is 0.599. The average molecular weight is 262 g/mol. The van der Waals surface area contributed by atoms with Gasteiger partial charge in [-0.2, -0.15) is 0 Å². The maximum Gasteiger partial charge on any atom is 0.257 e. The first-order valence-electron chi connectivity index (χ1n) is 7.33. The number of nitrogens with zero attached hydrogens (tertiary/aromatic N) is 3. The van der Waals surface area contributed by atoms with Gasteiger partial charge in [-0.25, -0.2) is 9.97 Å². The van der Waals surface area contributed by atoms with Gasteiger partial charge in [0.05, 0.1) is 6.61 Å². The molecule has 1 aromatic heterocycles. The normalized spacial score (nSPS) is 23.6. The highest BCUT2D eigenvalue weighted by Gasteiger charge is 2.20. The highest BCUT2D eigenvalue weighted by molar-refractivity contribution is 5.48. The van der Waals surface area contributed by atoms with Crippen molar-refractivity contribution in [2.45, 2.75) is 25.7 Å². The van der Waals surface area contributed by atoms with E-state index in [4.69, 9.17) is 4.74 Å². The lowest BCUT2D eigenvalue weighted by Crippen LogP contribution is -2.33. The second-order valence-electron chi connectivity index (χ2n) is 5.40. The third kappa shape index (κ3) is 3.15. The number of hydrogen-bond donors (Lipinski definition) is 1. The number of ether oxygens (including phenoxy) is 1. The molecule has 5 heteroatoms. The van der Waals surface area contributed by atoms with E-state index in [2.05, 4.69) is 20.2 Å². The van der Waals surface area contributed by atoms with Crippen LogP contribution in [0.2, 0.25) is 0 Å². The monoisotopic (exact) mass is 262 g/mol. The van der Waals surface area contributed by atoms with Gasteiger partial charge in [0.15, 0.2) is 5.82 Å². The molecule has 104 valence electrons. The van der Waals surface area contributed by atoms with Crippen molar-refractivity contribution < 1.29 is 4.74 Å². The smallest absolute Gasteiger partial charge is 0.257 e. The van der Waals surface area contributed by atoms with Crippen molar-refractivity contribution >= 4 is 5.82 Å². The molecular weight excluding hydrogens is 240 g/mol. The van der Waals surface area contributed by atoms with E-state index in [-0.39, 0.29) is 0 Å². The minimum Gasteiger partial charge on any atom is -0.475 e. The summed E-state index contributed by atoms with van der Waals surface area (Å²) in [6, 6.07) is 0. The molecule has 0 aliphatic carbocycles. The van der Waals surface area contributed by atoms with Crippen LogP contribution in [0.25, 0.3) is 0 Å². The fraction of sp³-hybridized carbons (Fsp3) is 0.714. The van der Waals surface area contributed by atoms with Crippen LogP contribution in [0.4, 0.5) is 5.82 Å². The number of nitrogens with one attached hydrogen (secondary N) is 1. The van der Waals surface area contributed by atoms with Crippen LogP contribution in [0.5, 0.6) is 5.88 Å². The van der Waals surface area contributed by atoms with Crippen LogP contribution >= 0.6 is 0 Å². The molecule has 5 nitrogen and oxygen atoms in total. The van der Waals surface area contributed by atoms with Crippen LogP contribution in [0.1, 0.15) is 25.7 Å². The zero-order valence-corrected chi connectivity index (χ0v) is 11.3. The number of hydrogen-bond acceptors (Lipinski definition) is 5. The first kappa shape index (κ1) is 12.7. The summed E-state index contributed by atoms with van der Waals surface area (Å²) in [6.07, 6.45) is 8.43. The molecule has 2 fully saturated rings. The largest absolute Gasteiger partial charge is 0.475 e. The van der Waals surface area contributed by atoms with E-state index in [1.54, 1.807) is 12.4 Å². The predicted molar refractivity (Wildman–Crippen MR) is 74.6 cm³/mol. The molecule has 1 atom stereocenters. The van der Waals surface area contributed by atoms with Gasteiger partial charge in [-0.05, 0) is 32.2 Å². The van der Waals surface area contributed by atoms with Gasteiger partial charge >= 0.3 is 0 Å². The Morgan fingerprint density at radius 3 is 2.84 bits per heavy atom. The molecule has 2 saturated heterocycles. The summed E-state index contributed by atoms with van der Waals surface area (Å²) in [5, 5.41) is 3.41. The molecule has 0 saturated carbocycles. The Morgan fingerprint density at radius 2 is 2.05 bits per heavy atom. The van der Waals surface area contributed by atoms with Gasteiger partial charge in [-0.3, -0.25) is 0 Å². The first-order valence-corrected chi connectivity index (χ1v) is 7.33. The SMILES string of the molecule is c1cnc(N2CCCC2)c(OCC2CCCNC2)n1. The molecule has 0 aromatic carbocycles. The number of piperidine rings is 1. The predicted octanol–water partition coefficient (Wildman–Crippen LogP) is 1.46. The van der Waals surface area contributed by atoms with E-state index in [0.717, 1.165) is 38.6 Å². The average Bonchev–Trinajstić information content (AvgIpc) is 3.01.